The lowest BCUT2D eigenvalue weighted by Crippen LogP contribution is -2.54. The van der Waals surface area contributed by atoms with Crippen LogP contribution in [0.3, 0.4) is 0 Å². The molecule has 8 heteroatoms. The molecule has 1 amide bonds. The molecule has 6 nitrogen and oxygen atoms in total. The molecular weight excluding hydrogens is 431 g/mol. The number of amides is 1. The molecule has 0 bridgehead atoms. The number of carbonyl (C=O) groups excluding carboxylic acids is 1. The lowest BCUT2D eigenvalue weighted by atomic mass is 10.1. The van der Waals surface area contributed by atoms with Crippen molar-refractivity contribution in [2.24, 2.45) is 0 Å². The summed E-state index contributed by atoms with van der Waals surface area (Å²) in [4.78, 5) is 25.3. The van der Waals surface area contributed by atoms with Gasteiger partial charge in [0.05, 0.1) is 11.4 Å². The number of rotatable bonds is 5. The van der Waals surface area contributed by atoms with E-state index in [9.17, 15) is 9.18 Å². The van der Waals surface area contributed by atoms with Crippen LogP contribution in [-0.4, -0.2) is 46.5 Å². The minimum absolute atomic E-state index is 0.00208. The number of carbonyl (C=O) groups is 1. The Bertz CT molecular complexity index is 1110. The van der Waals surface area contributed by atoms with Crippen molar-refractivity contribution in [3.8, 4) is 11.6 Å². The first-order valence-corrected chi connectivity index (χ1v) is 10.8. The van der Waals surface area contributed by atoms with E-state index in [1.54, 1.807) is 24.3 Å². The van der Waals surface area contributed by atoms with E-state index in [4.69, 9.17) is 16.3 Å². The smallest absolute Gasteiger partial charge is 0.227 e. The second-order valence-electron chi connectivity index (χ2n) is 7.94. The highest BCUT2D eigenvalue weighted by Crippen LogP contribution is 2.30. The largest absolute Gasteiger partial charge is 0.437 e. The lowest BCUT2D eigenvalue weighted by molar-refractivity contribution is -0.132. The highest BCUT2D eigenvalue weighted by molar-refractivity contribution is 6.32. The third-order valence-corrected chi connectivity index (χ3v) is 5.78. The molecule has 4 rings (SSSR count). The average Bonchev–Trinajstić information content (AvgIpc) is 2.78. The van der Waals surface area contributed by atoms with Crippen molar-refractivity contribution in [1.29, 1.82) is 0 Å². The molecule has 1 saturated heterocycles. The van der Waals surface area contributed by atoms with Crippen LogP contribution in [-0.2, 0) is 11.2 Å². The summed E-state index contributed by atoms with van der Waals surface area (Å²) in [5, 5.41) is 0.512. The predicted molar refractivity (Wildman–Crippen MR) is 122 cm³/mol. The average molecular weight is 455 g/mol. The molecule has 3 aromatic rings. The maximum atomic E-state index is 13.1. The van der Waals surface area contributed by atoms with E-state index in [1.807, 2.05) is 30.9 Å². The number of benzene rings is 2. The number of anilines is 1. The van der Waals surface area contributed by atoms with Crippen molar-refractivity contribution in [3.63, 3.8) is 0 Å². The monoisotopic (exact) mass is 454 g/mol. The van der Waals surface area contributed by atoms with Gasteiger partial charge in [0.1, 0.15) is 23.7 Å². The highest BCUT2D eigenvalue weighted by Gasteiger charge is 2.28. The summed E-state index contributed by atoms with van der Waals surface area (Å²) in [5.41, 5.74) is 1.84. The molecule has 2 aromatic carbocycles. The van der Waals surface area contributed by atoms with E-state index in [-0.39, 0.29) is 24.2 Å². The molecule has 0 radical (unpaired) electrons. The zero-order chi connectivity index (χ0) is 22.7. The quantitative estimate of drug-likeness (QED) is 0.561. The van der Waals surface area contributed by atoms with Crippen LogP contribution < -0.4 is 9.64 Å². The molecule has 0 saturated carbocycles. The molecule has 1 fully saturated rings. The summed E-state index contributed by atoms with van der Waals surface area (Å²) in [7, 11) is 0. The molecule has 1 aliphatic rings. The Morgan fingerprint density at radius 2 is 1.94 bits per heavy atom. The minimum atomic E-state index is -0.305. The fraction of sp³-hybridized carbons (Fsp3) is 0.292. The summed E-state index contributed by atoms with van der Waals surface area (Å²) in [5.74, 6) is 1.41. The molecule has 1 aliphatic heterocycles. The van der Waals surface area contributed by atoms with Gasteiger partial charge in [0.15, 0.2) is 0 Å². The molecule has 0 N–H and O–H groups in total. The maximum absolute atomic E-state index is 13.1. The number of ether oxygens (including phenoxy) is 1. The molecule has 0 spiro atoms. The summed E-state index contributed by atoms with van der Waals surface area (Å²) >= 11 is 6.23. The van der Waals surface area contributed by atoms with Crippen molar-refractivity contribution in [2.45, 2.75) is 26.3 Å². The van der Waals surface area contributed by atoms with Crippen LogP contribution in [0.4, 0.5) is 10.2 Å². The minimum Gasteiger partial charge on any atom is -0.437 e. The normalized spacial score (nSPS) is 16.2. The van der Waals surface area contributed by atoms with E-state index in [1.165, 1.54) is 18.5 Å². The van der Waals surface area contributed by atoms with Gasteiger partial charge in [-0.3, -0.25) is 4.79 Å². The number of nitrogens with zero attached hydrogens (tertiary/aromatic N) is 4. The van der Waals surface area contributed by atoms with Crippen LogP contribution in [0.15, 0.2) is 54.9 Å². The molecule has 1 atom stereocenters. The third kappa shape index (κ3) is 5.16. The highest BCUT2D eigenvalue weighted by atomic mass is 35.5. The number of piperazine rings is 1. The van der Waals surface area contributed by atoms with Crippen LogP contribution in [0, 0.1) is 12.7 Å². The van der Waals surface area contributed by atoms with E-state index < -0.39 is 0 Å². The van der Waals surface area contributed by atoms with Crippen molar-refractivity contribution in [1.82, 2.24) is 14.9 Å². The Morgan fingerprint density at radius 1 is 1.16 bits per heavy atom. The Labute approximate surface area is 191 Å². The second kappa shape index (κ2) is 9.53. The van der Waals surface area contributed by atoms with Gasteiger partial charge in [0.25, 0.3) is 0 Å². The second-order valence-corrected chi connectivity index (χ2v) is 8.34. The standard InChI is InChI=1S/C24H24ClFN4O2/c1-16-3-8-20(25)21(11-16)32-23-13-22(27-15-28-23)29-9-10-30(17(2)14-29)24(31)12-18-4-6-19(26)7-5-18/h3-8,11,13,15,17H,9-10,12,14H2,1-2H3. The first-order chi connectivity index (χ1) is 15.4. The summed E-state index contributed by atoms with van der Waals surface area (Å²) < 4.78 is 19.0. The van der Waals surface area contributed by atoms with Gasteiger partial charge >= 0.3 is 0 Å². The number of hydrogen-bond acceptors (Lipinski definition) is 5. The summed E-state index contributed by atoms with van der Waals surface area (Å²) in [6.07, 6.45) is 1.72. The molecular formula is C24H24ClFN4O2. The Hall–Kier alpha value is -3.19. The van der Waals surface area contributed by atoms with E-state index in [0.717, 1.165) is 16.9 Å². The Morgan fingerprint density at radius 3 is 2.69 bits per heavy atom. The van der Waals surface area contributed by atoms with Crippen LogP contribution in [0.25, 0.3) is 0 Å². The topological polar surface area (TPSA) is 58.6 Å². The van der Waals surface area contributed by atoms with Gasteiger partial charge in [-0.1, -0.05) is 29.8 Å². The van der Waals surface area contributed by atoms with Crippen LogP contribution in [0.1, 0.15) is 18.1 Å². The Kier molecular flexibility index (Phi) is 6.55. The van der Waals surface area contributed by atoms with Gasteiger partial charge in [0, 0.05) is 31.7 Å². The Balaban J connectivity index is 1.40. The molecule has 1 unspecified atom stereocenters. The zero-order valence-electron chi connectivity index (χ0n) is 18.0. The van der Waals surface area contributed by atoms with Crippen molar-refractivity contribution in [3.05, 3.63) is 76.8 Å². The fourth-order valence-corrected chi connectivity index (χ4v) is 3.93. The van der Waals surface area contributed by atoms with E-state index >= 15 is 0 Å². The predicted octanol–water partition coefficient (Wildman–Crippen LogP) is 4.65. The molecule has 32 heavy (non-hydrogen) atoms. The van der Waals surface area contributed by atoms with Gasteiger partial charge < -0.3 is 14.5 Å². The number of aromatic nitrogens is 2. The van der Waals surface area contributed by atoms with E-state index in [0.29, 0.717) is 36.3 Å². The molecule has 1 aromatic heterocycles. The molecule has 0 aliphatic carbocycles. The maximum Gasteiger partial charge on any atom is 0.227 e. The van der Waals surface area contributed by atoms with Gasteiger partial charge in [-0.2, -0.15) is 0 Å². The zero-order valence-corrected chi connectivity index (χ0v) is 18.7. The lowest BCUT2D eigenvalue weighted by Gasteiger charge is -2.40. The third-order valence-electron chi connectivity index (χ3n) is 5.47. The number of hydrogen-bond donors (Lipinski definition) is 0. The molecule has 166 valence electrons. The van der Waals surface area contributed by atoms with E-state index in [2.05, 4.69) is 14.9 Å². The van der Waals surface area contributed by atoms with Crippen molar-refractivity contribution < 1.29 is 13.9 Å². The number of halogens is 2. The van der Waals surface area contributed by atoms with Gasteiger partial charge in [-0.15, -0.1) is 0 Å². The van der Waals surface area contributed by atoms with Gasteiger partial charge in [-0.05, 0) is 49.2 Å². The molecule has 2 heterocycles. The summed E-state index contributed by atoms with van der Waals surface area (Å²) in [6.45, 7) is 5.83. The van der Waals surface area contributed by atoms with Crippen molar-refractivity contribution >= 4 is 23.3 Å². The van der Waals surface area contributed by atoms with Crippen LogP contribution in [0.5, 0.6) is 11.6 Å². The number of aryl methyl sites for hydroxylation is 1. The van der Waals surface area contributed by atoms with Crippen LogP contribution >= 0.6 is 11.6 Å². The first kappa shape index (κ1) is 22.0. The summed E-state index contributed by atoms with van der Waals surface area (Å²) in [6, 6.07) is 13.4. The first-order valence-electron chi connectivity index (χ1n) is 10.4. The van der Waals surface area contributed by atoms with Gasteiger partial charge in [0.2, 0.25) is 11.8 Å². The SMILES string of the molecule is Cc1ccc(Cl)c(Oc2cc(N3CCN(C(=O)Cc4ccc(F)cc4)C(C)C3)ncn2)c1. The fourth-order valence-electron chi connectivity index (χ4n) is 3.77. The van der Waals surface area contributed by atoms with Crippen molar-refractivity contribution in [2.75, 3.05) is 24.5 Å². The van der Waals surface area contributed by atoms with Crippen LogP contribution in [0.2, 0.25) is 5.02 Å². The van der Waals surface area contributed by atoms with Gasteiger partial charge in [-0.25, -0.2) is 14.4 Å².